The van der Waals surface area contributed by atoms with Crippen LogP contribution >= 0.6 is 0 Å². The van der Waals surface area contributed by atoms with Gasteiger partial charge in [0.15, 0.2) is 11.5 Å². The van der Waals surface area contributed by atoms with E-state index >= 15 is 0 Å². The number of carboxylic acids is 2. The second-order valence-corrected chi connectivity index (χ2v) is 8.58. The third-order valence-corrected chi connectivity index (χ3v) is 5.79. The quantitative estimate of drug-likeness (QED) is 0.134. The van der Waals surface area contributed by atoms with Crippen LogP contribution in [0.25, 0.3) is 0 Å². The lowest BCUT2D eigenvalue weighted by Crippen LogP contribution is -2.44. The van der Waals surface area contributed by atoms with Crippen molar-refractivity contribution in [2.45, 2.75) is 31.5 Å². The summed E-state index contributed by atoms with van der Waals surface area (Å²) in [6.45, 7) is 0.297. The molecule has 0 fully saturated rings. The maximum absolute atomic E-state index is 13.4. The zero-order chi connectivity index (χ0) is 28.4. The summed E-state index contributed by atoms with van der Waals surface area (Å²) >= 11 is 0. The first-order valence-corrected chi connectivity index (χ1v) is 12.0. The summed E-state index contributed by atoms with van der Waals surface area (Å²) in [6, 6.07) is 18.4. The standard InChI is InChI=1S/C28H30N4O7/c1-38-23-15-19(9-13-22(23)39-16-17-5-3-2-4-6-17)25(31-20-10-7-18(8-11-20)26(29)30)27(35)32-21(28(36)37)12-14-24(33)34/h2-11,13,15,21,25,31H,12,14,16H2,1H3,(H3,29,30)(H,32,35)(H,33,34)(H,36,37)/t21-,25-/m0/s1. The molecule has 3 aromatic rings. The van der Waals surface area contributed by atoms with Crippen LogP contribution in [0.5, 0.6) is 11.5 Å². The first-order valence-electron chi connectivity index (χ1n) is 12.0. The average Bonchev–Trinajstić information content (AvgIpc) is 2.93. The third kappa shape index (κ3) is 8.22. The maximum Gasteiger partial charge on any atom is 0.326 e. The largest absolute Gasteiger partial charge is 0.493 e. The van der Waals surface area contributed by atoms with Crippen molar-refractivity contribution in [2.24, 2.45) is 5.73 Å². The van der Waals surface area contributed by atoms with Crippen LogP contribution in [0, 0.1) is 5.41 Å². The van der Waals surface area contributed by atoms with E-state index in [4.69, 9.17) is 25.7 Å². The van der Waals surface area contributed by atoms with Crippen molar-refractivity contribution in [3.8, 4) is 11.5 Å². The minimum absolute atomic E-state index is 0.116. The smallest absolute Gasteiger partial charge is 0.326 e. The van der Waals surface area contributed by atoms with Gasteiger partial charge in [0.1, 0.15) is 24.5 Å². The van der Waals surface area contributed by atoms with Crippen LogP contribution in [0.3, 0.4) is 0 Å². The van der Waals surface area contributed by atoms with Gasteiger partial charge in [-0.25, -0.2) is 4.79 Å². The molecule has 0 aliphatic heterocycles. The molecule has 3 rings (SSSR count). The molecule has 3 aromatic carbocycles. The van der Waals surface area contributed by atoms with E-state index in [1.165, 1.54) is 7.11 Å². The number of hydrogen-bond acceptors (Lipinski definition) is 7. The molecule has 11 heteroatoms. The lowest BCUT2D eigenvalue weighted by molar-refractivity contribution is -0.143. The van der Waals surface area contributed by atoms with Gasteiger partial charge in [-0.05, 0) is 53.9 Å². The van der Waals surface area contributed by atoms with E-state index in [0.29, 0.717) is 34.9 Å². The zero-order valence-corrected chi connectivity index (χ0v) is 21.2. The SMILES string of the molecule is COc1cc([C@H](Nc2ccc(C(=N)N)cc2)C(=O)N[C@@H](CCC(=O)O)C(=O)O)ccc1OCc1ccccc1. The molecule has 2 atom stereocenters. The number of aliphatic carboxylic acids is 2. The Morgan fingerprint density at radius 3 is 2.26 bits per heavy atom. The second kappa shape index (κ2) is 13.5. The Bertz CT molecular complexity index is 1310. The van der Waals surface area contributed by atoms with Gasteiger partial charge in [0.2, 0.25) is 5.91 Å². The van der Waals surface area contributed by atoms with Gasteiger partial charge in [0, 0.05) is 17.7 Å². The molecule has 0 aliphatic carbocycles. The highest BCUT2D eigenvalue weighted by atomic mass is 16.5. The highest BCUT2D eigenvalue weighted by molar-refractivity contribution is 5.95. The molecule has 0 spiro atoms. The first kappa shape index (κ1) is 28.5. The molecule has 0 bridgehead atoms. The molecule has 204 valence electrons. The molecule has 0 aliphatic rings. The van der Waals surface area contributed by atoms with Crippen molar-refractivity contribution in [3.63, 3.8) is 0 Å². The zero-order valence-electron chi connectivity index (χ0n) is 21.2. The lowest BCUT2D eigenvalue weighted by Gasteiger charge is -2.23. The summed E-state index contributed by atoms with van der Waals surface area (Å²) in [4.78, 5) is 36.0. The molecule has 11 nitrogen and oxygen atoms in total. The summed E-state index contributed by atoms with van der Waals surface area (Å²) < 4.78 is 11.4. The van der Waals surface area contributed by atoms with E-state index in [0.717, 1.165) is 5.56 Å². The summed E-state index contributed by atoms with van der Waals surface area (Å²) in [5.74, 6) is -2.53. The molecule has 0 saturated carbocycles. The minimum Gasteiger partial charge on any atom is -0.493 e. The van der Waals surface area contributed by atoms with Gasteiger partial charge in [0.05, 0.1) is 7.11 Å². The summed E-state index contributed by atoms with van der Waals surface area (Å²) in [5.41, 5.74) is 7.91. The summed E-state index contributed by atoms with van der Waals surface area (Å²) in [6.07, 6.45) is -0.713. The molecule has 0 unspecified atom stereocenters. The lowest BCUT2D eigenvalue weighted by atomic mass is 10.0. The topological polar surface area (TPSA) is 184 Å². The van der Waals surface area contributed by atoms with Gasteiger partial charge in [-0.3, -0.25) is 15.0 Å². The number of carbonyl (C=O) groups is 3. The van der Waals surface area contributed by atoms with Crippen molar-refractivity contribution in [2.75, 3.05) is 12.4 Å². The van der Waals surface area contributed by atoms with Gasteiger partial charge in [-0.2, -0.15) is 0 Å². The number of rotatable bonds is 14. The molecule has 1 amide bonds. The molecular formula is C28H30N4O7. The van der Waals surface area contributed by atoms with Gasteiger partial charge in [-0.15, -0.1) is 0 Å². The molecule has 39 heavy (non-hydrogen) atoms. The fraction of sp³-hybridized carbons (Fsp3) is 0.214. The molecule has 0 saturated heterocycles. The predicted octanol–water partition coefficient (Wildman–Crippen LogP) is 3.15. The Kier molecular flexibility index (Phi) is 9.85. The number of ether oxygens (including phenoxy) is 2. The van der Waals surface area contributed by atoms with Gasteiger partial charge < -0.3 is 36.1 Å². The van der Waals surface area contributed by atoms with Gasteiger partial charge >= 0.3 is 11.9 Å². The molecule has 0 radical (unpaired) electrons. The monoisotopic (exact) mass is 534 g/mol. The number of methoxy groups -OCH3 is 1. The fourth-order valence-corrected chi connectivity index (χ4v) is 3.71. The second-order valence-electron chi connectivity index (χ2n) is 8.58. The van der Waals surface area contributed by atoms with Crippen molar-refractivity contribution >= 4 is 29.4 Å². The molecule has 0 heterocycles. The van der Waals surface area contributed by atoms with Crippen LogP contribution in [0.4, 0.5) is 5.69 Å². The van der Waals surface area contributed by atoms with Crippen LogP contribution in [-0.2, 0) is 21.0 Å². The number of amidine groups is 1. The summed E-state index contributed by atoms with van der Waals surface area (Å²) in [5, 5.41) is 31.5. The number of nitrogens with two attached hydrogens (primary N) is 1. The van der Waals surface area contributed by atoms with Crippen LogP contribution in [0.1, 0.15) is 35.6 Å². The summed E-state index contributed by atoms with van der Waals surface area (Å²) in [7, 11) is 1.46. The van der Waals surface area contributed by atoms with E-state index in [1.54, 1.807) is 42.5 Å². The van der Waals surface area contributed by atoms with Gasteiger partial charge in [-0.1, -0.05) is 36.4 Å². The Hall–Kier alpha value is -5.06. The molecule has 7 N–H and O–H groups in total. The fourth-order valence-electron chi connectivity index (χ4n) is 3.71. The van der Waals surface area contributed by atoms with E-state index in [-0.39, 0.29) is 12.3 Å². The van der Waals surface area contributed by atoms with E-state index in [2.05, 4.69) is 10.6 Å². The van der Waals surface area contributed by atoms with E-state index in [9.17, 15) is 19.5 Å². The molecule has 0 aromatic heterocycles. The Morgan fingerprint density at radius 2 is 1.67 bits per heavy atom. The van der Waals surface area contributed by atoms with Crippen molar-refractivity contribution in [1.29, 1.82) is 5.41 Å². The Labute approximate surface area is 225 Å². The van der Waals surface area contributed by atoms with E-state index < -0.39 is 36.4 Å². The average molecular weight is 535 g/mol. The Morgan fingerprint density at radius 1 is 0.974 bits per heavy atom. The highest BCUT2D eigenvalue weighted by Crippen LogP contribution is 2.32. The van der Waals surface area contributed by atoms with Crippen molar-refractivity contribution in [3.05, 3.63) is 89.5 Å². The van der Waals surface area contributed by atoms with Gasteiger partial charge in [0.25, 0.3) is 0 Å². The number of amides is 1. The van der Waals surface area contributed by atoms with Crippen LogP contribution in [0.2, 0.25) is 0 Å². The maximum atomic E-state index is 13.4. The van der Waals surface area contributed by atoms with Crippen LogP contribution in [0.15, 0.2) is 72.8 Å². The molecular weight excluding hydrogens is 504 g/mol. The normalized spacial score (nSPS) is 12.0. The van der Waals surface area contributed by atoms with Crippen LogP contribution < -0.4 is 25.8 Å². The van der Waals surface area contributed by atoms with E-state index in [1.807, 2.05) is 30.3 Å². The van der Waals surface area contributed by atoms with Crippen molar-refractivity contribution < 1.29 is 34.1 Å². The number of hydrogen-bond donors (Lipinski definition) is 6. The minimum atomic E-state index is -1.41. The Balaban J connectivity index is 1.89. The first-order chi connectivity index (χ1) is 18.7. The number of carbonyl (C=O) groups excluding carboxylic acids is 1. The van der Waals surface area contributed by atoms with Crippen molar-refractivity contribution in [1.82, 2.24) is 5.32 Å². The number of carboxylic acid groups (broad SMARTS) is 2. The number of anilines is 1. The van der Waals surface area contributed by atoms with Crippen LogP contribution in [-0.4, -0.2) is 47.0 Å². The number of benzene rings is 3. The number of nitrogen functional groups attached to an aromatic ring is 1. The predicted molar refractivity (Wildman–Crippen MR) is 144 cm³/mol. The number of nitrogens with one attached hydrogen (secondary N) is 3. The highest BCUT2D eigenvalue weighted by Gasteiger charge is 2.28. The third-order valence-electron chi connectivity index (χ3n) is 5.79.